The fourth-order valence-electron chi connectivity index (χ4n) is 3.07. The Morgan fingerprint density at radius 1 is 1.30 bits per heavy atom. The van der Waals surface area contributed by atoms with Crippen LogP contribution in [-0.4, -0.2) is 44.1 Å². The lowest BCUT2D eigenvalue weighted by atomic mass is 9.93. The minimum atomic E-state index is -5.01. The quantitative estimate of drug-likeness (QED) is 0.762. The summed E-state index contributed by atoms with van der Waals surface area (Å²) in [5.74, 6) is 0.195. The highest BCUT2D eigenvalue weighted by atomic mass is 32.3. The Hall–Kier alpha value is -1.87. The number of nitrogens with zero attached hydrogens (tertiary/aromatic N) is 1. The van der Waals surface area contributed by atoms with Crippen LogP contribution >= 0.6 is 0 Å². The highest BCUT2D eigenvalue weighted by Gasteiger charge is 2.28. The van der Waals surface area contributed by atoms with Gasteiger partial charge in [0, 0.05) is 25.7 Å². The zero-order chi connectivity index (χ0) is 20.2. The van der Waals surface area contributed by atoms with Crippen LogP contribution in [0.5, 0.6) is 5.75 Å². The van der Waals surface area contributed by atoms with Crippen molar-refractivity contribution in [2.75, 3.05) is 13.1 Å². The Morgan fingerprint density at radius 2 is 1.93 bits per heavy atom. The zero-order valence-electron chi connectivity index (χ0n) is 16.1. The molecule has 0 bridgehead atoms. The fraction of sp³-hybridized carbons (Fsp3) is 0.611. The van der Waals surface area contributed by atoms with Gasteiger partial charge in [-0.3, -0.25) is 4.90 Å². The minimum Gasteiger partial charge on any atom is -0.444 e. The summed E-state index contributed by atoms with van der Waals surface area (Å²) in [6, 6.07) is 6.31. The summed E-state index contributed by atoms with van der Waals surface area (Å²) in [5.41, 5.74) is 0.440. The van der Waals surface area contributed by atoms with Gasteiger partial charge in [-0.2, -0.15) is 8.42 Å². The molecule has 1 heterocycles. The lowest BCUT2D eigenvalue weighted by molar-refractivity contribution is 0.0439. The second-order valence-electron chi connectivity index (χ2n) is 7.87. The van der Waals surface area contributed by atoms with Crippen molar-refractivity contribution in [2.45, 2.75) is 52.3 Å². The van der Waals surface area contributed by atoms with E-state index < -0.39 is 22.2 Å². The summed E-state index contributed by atoms with van der Waals surface area (Å²) >= 11 is 0. The highest BCUT2D eigenvalue weighted by Crippen LogP contribution is 2.21. The topological polar surface area (TPSA) is 84.9 Å². The van der Waals surface area contributed by atoms with E-state index in [1.807, 2.05) is 20.8 Å². The van der Waals surface area contributed by atoms with Crippen molar-refractivity contribution < 1.29 is 26.0 Å². The molecule has 1 aromatic rings. The van der Waals surface area contributed by atoms with Gasteiger partial charge in [-0.1, -0.05) is 22.9 Å². The average molecular weight is 402 g/mol. The lowest BCUT2D eigenvalue weighted by Crippen LogP contribution is -2.50. The Morgan fingerprint density at radius 3 is 2.44 bits per heavy atom. The van der Waals surface area contributed by atoms with Crippen LogP contribution < -0.4 is 9.50 Å². The van der Waals surface area contributed by atoms with Crippen LogP contribution in [0.4, 0.5) is 8.68 Å². The Kier molecular flexibility index (Phi) is 6.69. The van der Waals surface area contributed by atoms with Crippen LogP contribution in [0.2, 0.25) is 0 Å². The SMILES string of the molecule is CC1CN(Cc2ccc(OS(=O)(=O)F)cc2)CCC1NC(=O)OC(C)(C)C. The van der Waals surface area contributed by atoms with Gasteiger partial charge in [0.15, 0.2) is 0 Å². The number of alkyl carbamates (subject to hydrolysis) is 1. The standard InChI is InChI=1S/C18H27FN2O5S/c1-13-11-21(10-9-16(13)20-17(22)25-18(2,3)4)12-14-5-7-15(8-6-14)26-27(19,23)24/h5-8,13,16H,9-12H2,1-4H3,(H,20,22). The van der Waals surface area contributed by atoms with Crippen LogP contribution in [0, 0.1) is 5.92 Å². The first kappa shape index (κ1) is 21.4. The minimum absolute atomic E-state index is 0.0571. The predicted molar refractivity (Wildman–Crippen MR) is 99.3 cm³/mol. The van der Waals surface area contributed by atoms with Crippen LogP contribution in [0.1, 0.15) is 39.7 Å². The normalized spacial score (nSPS) is 21.5. The number of carbonyl (C=O) groups is 1. The van der Waals surface area contributed by atoms with Crippen LogP contribution in [0.3, 0.4) is 0 Å². The monoisotopic (exact) mass is 402 g/mol. The molecule has 0 spiro atoms. The smallest absolute Gasteiger partial charge is 0.444 e. The average Bonchev–Trinajstić information content (AvgIpc) is 2.49. The third-order valence-corrected chi connectivity index (χ3v) is 4.61. The molecule has 9 heteroatoms. The lowest BCUT2D eigenvalue weighted by Gasteiger charge is -2.37. The molecule has 1 aromatic carbocycles. The van der Waals surface area contributed by atoms with Crippen LogP contribution in [0.15, 0.2) is 24.3 Å². The largest absolute Gasteiger partial charge is 0.488 e. The van der Waals surface area contributed by atoms with Gasteiger partial charge in [-0.15, -0.1) is 0 Å². The summed E-state index contributed by atoms with van der Waals surface area (Å²) in [4.78, 5) is 14.2. The van der Waals surface area contributed by atoms with Crippen molar-refractivity contribution in [3.05, 3.63) is 29.8 Å². The summed E-state index contributed by atoms with van der Waals surface area (Å²) in [7, 11) is -5.01. The molecule has 7 nitrogen and oxygen atoms in total. The van der Waals surface area contributed by atoms with E-state index in [2.05, 4.69) is 21.3 Å². The van der Waals surface area contributed by atoms with Gasteiger partial charge in [-0.05, 0) is 50.8 Å². The molecule has 0 radical (unpaired) electrons. The summed E-state index contributed by atoms with van der Waals surface area (Å²) in [6.07, 6.45) is 0.410. The van der Waals surface area contributed by atoms with Crippen molar-refractivity contribution >= 4 is 16.6 Å². The summed E-state index contributed by atoms with van der Waals surface area (Å²) in [5, 5.41) is 2.94. The first-order valence-corrected chi connectivity index (χ1v) is 10.2. The molecule has 2 atom stereocenters. The maximum absolute atomic E-state index is 12.5. The molecule has 27 heavy (non-hydrogen) atoms. The van der Waals surface area contributed by atoms with Crippen LogP contribution in [-0.2, 0) is 21.8 Å². The number of hydrogen-bond acceptors (Lipinski definition) is 6. The van der Waals surface area contributed by atoms with Gasteiger partial charge >= 0.3 is 16.6 Å². The molecule has 1 N–H and O–H groups in total. The molecule has 1 amide bonds. The Bertz CT molecular complexity index is 746. The van der Waals surface area contributed by atoms with Crippen molar-refractivity contribution in [3.63, 3.8) is 0 Å². The number of likely N-dealkylation sites (tertiary alicyclic amines) is 1. The van der Waals surface area contributed by atoms with E-state index in [0.29, 0.717) is 6.54 Å². The Balaban J connectivity index is 1.84. The van der Waals surface area contributed by atoms with E-state index in [9.17, 15) is 17.1 Å². The first-order valence-electron chi connectivity index (χ1n) is 8.86. The molecule has 0 saturated carbocycles. The number of rotatable bonds is 5. The maximum atomic E-state index is 12.5. The zero-order valence-corrected chi connectivity index (χ0v) is 16.9. The van der Waals surface area contributed by atoms with Gasteiger partial charge in [0.2, 0.25) is 0 Å². The first-order chi connectivity index (χ1) is 12.4. The van der Waals surface area contributed by atoms with E-state index in [1.165, 1.54) is 12.1 Å². The summed E-state index contributed by atoms with van der Waals surface area (Å²) in [6.45, 7) is 9.86. The van der Waals surface area contributed by atoms with Crippen molar-refractivity contribution in [1.82, 2.24) is 10.2 Å². The molecule has 1 aliphatic rings. The number of halogens is 1. The van der Waals surface area contributed by atoms with Crippen molar-refractivity contribution in [3.8, 4) is 5.75 Å². The summed E-state index contributed by atoms with van der Waals surface area (Å²) < 4.78 is 43.0. The van der Waals surface area contributed by atoms with E-state index in [4.69, 9.17) is 4.74 Å². The molecule has 152 valence electrons. The van der Waals surface area contributed by atoms with Crippen molar-refractivity contribution in [2.24, 2.45) is 5.92 Å². The molecular formula is C18H27FN2O5S. The molecular weight excluding hydrogens is 375 g/mol. The number of amides is 1. The number of piperidine rings is 1. The number of benzene rings is 1. The van der Waals surface area contributed by atoms with Gasteiger partial charge in [0.25, 0.3) is 0 Å². The third kappa shape index (κ3) is 7.72. The molecule has 0 aromatic heterocycles. The number of ether oxygens (including phenoxy) is 1. The molecule has 1 saturated heterocycles. The number of hydrogen-bond donors (Lipinski definition) is 1. The van der Waals surface area contributed by atoms with E-state index in [0.717, 1.165) is 25.1 Å². The molecule has 1 aliphatic heterocycles. The van der Waals surface area contributed by atoms with E-state index in [-0.39, 0.29) is 17.7 Å². The van der Waals surface area contributed by atoms with Gasteiger partial charge < -0.3 is 14.2 Å². The molecule has 1 fully saturated rings. The van der Waals surface area contributed by atoms with Gasteiger partial charge in [-0.25, -0.2) is 4.79 Å². The maximum Gasteiger partial charge on any atom is 0.488 e. The number of nitrogens with one attached hydrogen (secondary N) is 1. The predicted octanol–water partition coefficient (Wildman–Crippen LogP) is 3.01. The second kappa shape index (κ2) is 8.43. The number of carbonyl (C=O) groups excluding carboxylic acids is 1. The molecule has 0 aliphatic carbocycles. The van der Waals surface area contributed by atoms with Crippen LogP contribution in [0.25, 0.3) is 0 Å². The third-order valence-electron chi connectivity index (χ3n) is 4.22. The molecule has 2 rings (SSSR count). The molecule has 2 unspecified atom stereocenters. The Labute approximate surface area is 160 Å². The second-order valence-corrected chi connectivity index (χ2v) is 8.83. The highest BCUT2D eigenvalue weighted by molar-refractivity contribution is 7.81. The van der Waals surface area contributed by atoms with E-state index in [1.54, 1.807) is 12.1 Å². The van der Waals surface area contributed by atoms with Gasteiger partial charge in [0.1, 0.15) is 11.4 Å². The fourth-order valence-corrected chi connectivity index (χ4v) is 3.41. The van der Waals surface area contributed by atoms with Crippen molar-refractivity contribution in [1.29, 1.82) is 0 Å². The van der Waals surface area contributed by atoms with E-state index >= 15 is 0 Å². The van der Waals surface area contributed by atoms with Gasteiger partial charge in [0.05, 0.1) is 0 Å².